The summed E-state index contributed by atoms with van der Waals surface area (Å²) in [6.07, 6.45) is 0. The molecule has 1 atom stereocenters. The molecule has 0 bridgehead atoms. The number of hydrogen-bond acceptors (Lipinski definition) is 3. The maximum absolute atomic E-state index is 10.7. The number of carboxylic acid groups (broad SMARTS) is 1. The Morgan fingerprint density at radius 2 is 1.86 bits per heavy atom. The fourth-order valence-electron chi connectivity index (χ4n) is 1.99. The summed E-state index contributed by atoms with van der Waals surface area (Å²) in [6.45, 7) is 4.75. The second-order valence-electron chi connectivity index (χ2n) is 5.30. The predicted octanol–water partition coefficient (Wildman–Crippen LogP) is 3.14. The van der Waals surface area contributed by atoms with E-state index in [1.165, 1.54) is 11.1 Å². The van der Waals surface area contributed by atoms with Gasteiger partial charge in [0.1, 0.15) is 18.4 Å². The average molecular weight is 299 g/mol. The lowest BCUT2D eigenvalue weighted by atomic mass is 10.1. The van der Waals surface area contributed by atoms with Gasteiger partial charge < -0.3 is 15.2 Å². The summed E-state index contributed by atoms with van der Waals surface area (Å²) in [7, 11) is 0. The van der Waals surface area contributed by atoms with Crippen LogP contribution in [0.3, 0.4) is 0 Å². The SMILES string of the molecule is Cc1ccccc1COc1ccc(CN[C@@H](C)C(=O)O)cc1. The van der Waals surface area contributed by atoms with Gasteiger partial charge in [0.15, 0.2) is 0 Å². The molecule has 116 valence electrons. The lowest BCUT2D eigenvalue weighted by Gasteiger charge is -2.11. The maximum atomic E-state index is 10.7. The van der Waals surface area contributed by atoms with E-state index in [9.17, 15) is 4.79 Å². The number of carboxylic acids is 1. The average Bonchev–Trinajstić information content (AvgIpc) is 2.52. The van der Waals surface area contributed by atoms with Crippen molar-refractivity contribution in [2.24, 2.45) is 0 Å². The normalized spacial score (nSPS) is 11.9. The lowest BCUT2D eigenvalue weighted by Crippen LogP contribution is -2.33. The van der Waals surface area contributed by atoms with Crippen LogP contribution < -0.4 is 10.1 Å². The van der Waals surface area contributed by atoms with Gasteiger partial charge in [0.05, 0.1) is 0 Å². The molecule has 2 aromatic carbocycles. The molecular formula is C18H21NO3. The minimum absolute atomic E-state index is 0.519. The monoisotopic (exact) mass is 299 g/mol. The molecule has 4 nitrogen and oxygen atoms in total. The highest BCUT2D eigenvalue weighted by molar-refractivity contribution is 5.72. The summed E-state index contributed by atoms with van der Waals surface area (Å²) in [5.74, 6) is -0.0449. The first-order chi connectivity index (χ1) is 10.6. The molecule has 0 saturated heterocycles. The van der Waals surface area contributed by atoms with Gasteiger partial charge in [0.25, 0.3) is 0 Å². The summed E-state index contributed by atoms with van der Waals surface area (Å²) in [6, 6.07) is 15.3. The number of nitrogens with one attached hydrogen (secondary N) is 1. The molecule has 0 aliphatic carbocycles. The lowest BCUT2D eigenvalue weighted by molar-refractivity contribution is -0.139. The molecule has 0 spiro atoms. The van der Waals surface area contributed by atoms with Crippen molar-refractivity contribution in [2.45, 2.75) is 33.0 Å². The van der Waals surface area contributed by atoms with Gasteiger partial charge in [-0.15, -0.1) is 0 Å². The van der Waals surface area contributed by atoms with Crippen LogP contribution in [0.15, 0.2) is 48.5 Å². The van der Waals surface area contributed by atoms with Gasteiger partial charge in [-0.05, 0) is 42.7 Å². The van der Waals surface area contributed by atoms with Crippen molar-refractivity contribution in [2.75, 3.05) is 0 Å². The van der Waals surface area contributed by atoms with Crippen molar-refractivity contribution >= 4 is 5.97 Å². The van der Waals surface area contributed by atoms with Crippen molar-refractivity contribution in [3.63, 3.8) is 0 Å². The van der Waals surface area contributed by atoms with Crippen LogP contribution in [0.25, 0.3) is 0 Å². The Labute approximate surface area is 130 Å². The zero-order valence-electron chi connectivity index (χ0n) is 12.9. The Bertz CT molecular complexity index is 622. The van der Waals surface area contributed by atoms with E-state index in [4.69, 9.17) is 9.84 Å². The molecule has 0 heterocycles. The van der Waals surface area contributed by atoms with Gasteiger partial charge in [-0.25, -0.2) is 0 Å². The molecule has 0 amide bonds. The number of ether oxygens (including phenoxy) is 1. The van der Waals surface area contributed by atoms with Crippen LogP contribution in [0.5, 0.6) is 5.75 Å². The predicted molar refractivity (Wildman–Crippen MR) is 85.9 cm³/mol. The number of benzene rings is 2. The van der Waals surface area contributed by atoms with Gasteiger partial charge in [-0.2, -0.15) is 0 Å². The van der Waals surface area contributed by atoms with Crippen molar-refractivity contribution in [1.29, 1.82) is 0 Å². The second-order valence-corrected chi connectivity index (χ2v) is 5.30. The first kappa shape index (κ1) is 16.0. The van der Waals surface area contributed by atoms with Crippen molar-refractivity contribution in [3.8, 4) is 5.75 Å². The van der Waals surface area contributed by atoms with Crippen LogP contribution in [-0.2, 0) is 17.9 Å². The van der Waals surface area contributed by atoms with E-state index < -0.39 is 12.0 Å². The summed E-state index contributed by atoms with van der Waals surface area (Å²) < 4.78 is 5.78. The van der Waals surface area contributed by atoms with Crippen LogP contribution in [0.4, 0.5) is 0 Å². The second kappa shape index (κ2) is 7.61. The van der Waals surface area contributed by atoms with Crippen LogP contribution in [0.1, 0.15) is 23.6 Å². The number of carbonyl (C=O) groups is 1. The third-order valence-electron chi connectivity index (χ3n) is 3.56. The fourth-order valence-corrected chi connectivity index (χ4v) is 1.99. The molecule has 4 heteroatoms. The minimum Gasteiger partial charge on any atom is -0.489 e. The van der Waals surface area contributed by atoms with Crippen LogP contribution >= 0.6 is 0 Å². The van der Waals surface area contributed by atoms with E-state index in [0.29, 0.717) is 13.2 Å². The molecule has 0 saturated carbocycles. The third-order valence-corrected chi connectivity index (χ3v) is 3.56. The Balaban J connectivity index is 1.87. The topological polar surface area (TPSA) is 58.6 Å². The van der Waals surface area contributed by atoms with Crippen molar-refractivity contribution in [1.82, 2.24) is 5.32 Å². The van der Waals surface area contributed by atoms with E-state index >= 15 is 0 Å². The number of rotatable bonds is 7. The number of aryl methyl sites for hydroxylation is 1. The first-order valence-corrected chi connectivity index (χ1v) is 7.28. The molecule has 2 N–H and O–H groups in total. The number of aliphatic carboxylic acids is 1. The van der Waals surface area contributed by atoms with Gasteiger partial charge in [-0.1, -0.05) is 36.4 Å². The Morgan fingerprint density at radius 3 is 2.50 bits per heavy atom. The smallest absolute Gasteiger partial charge is 0.320 e. The quantitative estimate of drug-likeness (QED) is 0.824. The first-order valence-electron chi connectivity index (χ1n) is 7.28. The third kappa shape index (κ3) is 4.60. The molecular weight excluding hydrogens is 278 g/mol. The molecule has 22 heavy (non-hydrogen) atoms. The molecule has 0 aliphatic rings. The van der Waals surface area contributed by atoms with E-state index in [0.717, 1.165) is 11.3 Å². The molecule has 0 radical (unpaired) electrons. The zero-order chi connectivity index (χ0) is 15.9. The van der Waals surface area contributed by atoms with Crippen LogP contribution in [-0.4, -0.2) is 17.1 Å². The molecule has 0 aliphatic heterocycles. The largest absolute Gasteiger partial charge is 0.489 e. The van der Waals surface area contributed by atoms with E-state index in [1.807, 2.05) is 36.4 Å². The van der Waals surface area contributed by atoms with Crippen molar-refractivity contribution < 1.29 is 14.6 Å². The highest BCUT2D eigenvalue weighted by atomic mass is 16.5. The van der Waals surface area contributed by atoms with Gasteiger partial charge in [0.2, 0.25) is 0 Å². The molecule has 0 unspecified atom stereocenters. The minimum atomic E-state index is -0.849. The van der Waals surface area contributed by atoms with Crippen molar-refractivity contribution in [3.05, 3.63) is 65.2 Å². The Kier molecular flexibility index (Phi) is 5.55. The summed E-state index contributed by atoms with van der Waals surface area (Å²) >= 11 is 0. The van der Waals surface area contributed by atoms with Gasteiger partial charge >= 0.3 is 5.97 Å². The fraction of sp³-hybridized carbons (Fsp3) is 0.278. The maximum Gasteiger partial charge on any atom is 0.320 e. The Hall–Kier alpha value is -2.33. The molecule has 2 aromatic rings. The van der Waals surface area contributed by atoms with Crippen LogP contribution in [0.2, 0.25) is 0 Å². The van der Waals surface area contributed by atoms with Gasteiger partial charge in [-0.3, -0.25) is 4.79 Å². The van der Waals surface area contributed by atoms with E-state index in [2.05, 4.69) is 24.4 Å². The van der Waals surface area contributed by atoms with Crippen LogP contribution in [0, 0.1) is 6.92 Å². The summed E-state index contributed by atoms with van der Waals surface area (Å²) in [5.41, 5.74) is 3.41. The molecule has 0 aromatic heterocycles. The van der Waals surface area contributed by atoms with E-state index in [1.54, 1.807) is 6.92 Å². The molecule has 0 fully saturated rings. The highest BCUT2D eigenvalue weighted by Crippen LogP contribution is 2.15. The summed E-state index contributed by atoms with van der Waals surface area (Å²) in [4.78, 5) is 10.7. The summed E-state index contributed by atoms with van der Waals surface area (Å²) in [5, 5.41) is 11.8. The zero-order valence-corrected chi connectivity index (χ0v) is 12.9. The highest BCUT2D eigenvalue weighted by Gasteiger charge is 2.09. The van der Waals surface area contributed by atoms with Gasteiger partial charge in [0, 0.05) is 6.54 Å². The molecule has 2 rings (SSSR count). The number of hydrogen-bond donors (Lipinski definition) is 2. The standard InChI is InChI=1S/C18H21NO3/c1-13-5-3-4-6-16(13)12-22-17-9-7-15(8-10-17)11-19-14(2)18(20)21/h3-10,14,19H,11-12H2,1-2H3,(H,20,21)/t14-/m0/s1. The Morgan fingerprint density at radius 1 is 1.18 bits per heavy atom. The van der Waals surface area contributed by atoms with E-state index in [-0.39, 0.29) is 0 Å².